The van der Waals surface area contributed by atoms with Crippen molar-refractivity contribution >= 4 is 28.2 Å². The number of anilines is 2. The molecule has 4 rings (SSSR count). The molecule has 26 heavy (non-hydrogen) atoms. The molecule has 1 N–H and O–H groups in total. The van der Waals surface area contributed by atoms with Crippen LogP contribution >= 0.6 is 11.3 Å². The van der Waals surface area contributed by atoms with E-state index in [1.165, 1.54) is 11.3 Å². The Balaban J connectivity index is 1.35. The Morgan fingerprint density at radius 2 is 2.04 bits per heavy atom. The van der Waals surface area contributed by atoms with Crippen molar-refractivity contribution in [2.75, 3.05) is 23.3 Å². The molecule has 1 aliphatic rings. The van der Waals surface area contributed by atoms with Gasteiger partial charge in [0.1, 0.15) is 0 Å². The van der Waals surface area contributed by atoms with Gasteiger partial charge >= 0.3 is 0 Å². The smallest absolute Gasteiger partial charge is 0.229 e. The molecule has 0 aliphatic carbocycles. The minimum absolute atomic E-state index is 0.0118. The van der Waals surface area contributed by atoms with E-state index < -0.39 is 0 Å². The second kappa shape index (κ2) is 7.57. The summed E-state index contributed by atoms with van der Waals surface area (Å²) in [7, 11) is 0. The molecule has 1 fully saturated rings. The molecule has 132 valence electrons. The van der Waals surface area contributed by atoms with Crippen molar-refractivity contribution in [3.8, 4) is 11.3 Å². The Kier molecular flexibility index (Phi) is 4.83. The molecule has 0 aromatic carbocycles. The second-order valence-electron chi connectivity index (χ2n) is 6.11. The second-order valence-corrected chi connectivity index (χ2v) is 7.00. The van der Waals surface area contributed by atoms with Crippen LogP contribution in [0.15, 0.2) is 48.2 Å². The van der Waals surface area contributed by atoms with Crippen LogP contribution in [-0.2, 0) is 4.79 Å². The number of amides is 1. The zero-order valence-electron chi connectivity index (χ0n) is 14.1. The summed E-state index contributed by atoms with van der Waals surface area (Å²) in [5.41, 5.74) is 1.75. The number of rotatable bonds is 4. The Hall–Kier alpha value is -2.87. The van der Waals surface area contributed by atoms with E-state index in [9.17, 15) is 4.79 Å². The number of thiazole rings is 1. The topological polar surface area (TPSA) is 83.9 Å². The number of nitrogens with zero attached hydrogens (tertiary/aromatic N) is 5. The lowest BCUT2D eigenvalue weighted by Gasteiger charge is -2.31. The molecule has 1 amide bonds. The van der Waals surface area contributed by atoms with Crippen molar-refractivity contribution in [3.63, 3.8) is 0 Å². The third kappa shape index (κ3) is 3.70. The maximum atomic E-state index is 12.3. The van der Waals surface area contributed by atoms with Gasteiger partial charge < -0.3 is 10.2 Å². The first-order valence-electron chi connectivity index (χ1n) is 8.49. The van der Waals surface area contributed by atoms with Crippen molar-refractivity contribution in [3.05, 3.63) is 48.2 Å². The molecule has 0 bridgehead atoms. The fourth-order valence-corrected chi connectivity index (χ4v) is 3.56. The van der Waals surface area contributed by atoms with Crippen LogP contribution in [0.2, 0.25) is 0 Å². The van der Waals surface area contributed by atoms with Gasteiger partial charge in [0, 0.05) is 48.5 Å². The maximum absolute atomic E-state index is 12.3. The van der Waals surface area contributed by atoms with Gasteiger partial charge in [-0.05, 0) is 37.1 Å². The highest BCUT2D eigenvalue weighted by Gasteiger charge is 2.26. The quantitative estimate of drug-likeness (QED) is 0.764. The fourth-order valence-electron chi connectivity index (χ4n) is 3.03. The van der Waals surface area contributed by atoms with Gasteiger partial charge in [0.15, 0.2) is 10.9 Å². The van der Waals surface area contributed by atoms with Crippen molar-refractivity contribution in [2.45, 2.75) is 12.8 Å². The minimum atomic E-state index is 0.0118. The van der Waals surface area contributed by atoms with Gasteiger partial charge in [-0.15, -0.1) is 21.5 Å². The predicted octanol–water partition coefficient (Wildman–Crippen LogP) is 2.85. The summed E-state index contributed by atoms with van der Waals surface area (Å²) >= 11 is 1.44. The van der Waals surface area contributed by atoms with Gasteiger partial charge in [0.05, 0.1) is 5.69 Å². The lowest BCUT2D eigenvalue weighted by Crippen LogP contribution is -2.38. The number of aromatic nitrogens is 4. The summed E-state index contributed by atoms with van der Waals surface area (Å²) in [6.07, 6.45) is 6.79. The van der Waals surface area contributed by atoms with E-state index in [2.05, 4.69) is 30.4 Å². The first-order chi connectivity index (χ1) is 12.8. The van der Waals surface area contributed by atoms with Crippen molar-refractivity contribution in [1.82, 2.24) is 20.2 Å². The molecule has 0 atom stereocenters. The van der Waals surface area contributed by atoms with Gasteiger partial charge in [0.25, 0.3) is 0 Å². The Morgan fingerprint density at radius 3 is 2.69 bits per heavy atom. The molecular weight excluding hydrogens is 348 g/mol. The van der Waals surface area contributed by atoms with Crippen molar-refractivity contribution < 1.29 is 4.79 Å². The van der Waals surface area contributed by atoms with Crippen LogP contribution in [0.4, 0.5) is 10.9 Å². The number of pyridine rings is 1. The van der Waals surface area contributed by atoms with Crippen LogP contribution in [0.5, 0.6) is 0 Å². The molecule has 0 radical (unpaired) electrons. The molecule has 7 nitrogen and oxygen atoms in total. The SMILES string of the molecule is O=C(Nc1nccs1)C1CCN(c2ccc(-c3cccnc3)nn2)CC1. The number of hydrogen-bond acceptors (Lipinski definition) is 7. The average Bonchev–Trinajstić information content (AvgIpc) is 3.22. The van der Waals surface area contributed by atoms with Crippen LogP contribution < -0.4 is 10.2 Å². The predicted molar refractivity (Wildman–Crippen MR) is 101 cm³/mol. The molecule has 3 aromatic rings. The number of carbonyl (C=O) groups excluding carboxylic acids is 1. The zero-order valence-corrected chi connectivity index (χ0v) is 14.9. The zero-order chi connectivity index (χ0) is 17.8. The van der Waals surface area contributed by atoms with Gasteiger partial charge in [-0.25, -0.2) is 4.98 Å². The summed E-state index contributed by atoms with van der Waals surface area (Å²) < 4.78 is 0. The van der Waals surface area contributed by atoms with E-state index in [-0.39, 0.29) is 11.8 Å². The lowest BCUT2D eigenvalue weighted by molar-refractivity contribution is -0.120. The lowest BCUT2D eigenvalue weighted by atomic mass is 9.96. The molecule has 3 aromatic heterocycles. The van der Waals surface area contributed by atoms with E-state index in [0.717, 1.165) is 43.0 Å². The standard InChI is InChI=1S/C18H18N6OS/c25-17(21-18-20-8-11-26-18)13-5-9-24(10-6-13)16-4-3-15(22-23-16)14-2-1-7-19-12-14/h1-4,7-8,11-13H,5-6,9-10H2,(H,20,21,25). The maximum Gasteiger partial charge on any atom is 0.229 e. The highest BCUT2D eigenvalue weighted by molar-refractivity contribution is 7.13. The fraction of sp³-hybridized carbons (Fsp3) is 0.278. The molecule has 1 aliphatic heterocycles. The molecule has 0 unspecified atom stereocenters. The average molecular weight is 366 g/mol. The molecule has 0 saturated carbocycles. The van der Waals surface area contributed by atoms with Gasteiger partial charge in [-0.3, -0.25) is 9.78 Å². The molecule has 8 heteroatoms. The number of hydrogen-bond donors (Lipinski definition) is 1. The number of carbonyl (C=O) groups is 1. The third-order valence-electron chi connectivity index (χ3n) is 4.46. The van der Waals surface area contributed by atoms with Crippen LogP contribution in [0, 0.1) is 5.92 Å². The monoisotopic (exact) mass is 366 g/mol. The van der Waals surface area contributed by atoms with E-state index in [1.54, 1.807) is 18.6 Å². The Bertz CT molecular complexity index is 845. The Morgan fingerprint density at radius 1 is 1.15 bits per heavy atom. The largest absolute Gasteiger partial charge is 0.355 e. The summed E-state index contributed by atoms with van der Waals surface area (Å²) in [5, 5.41) is 14.1. The Labute approximate surface area is 155 Å². The first-order valence-corrected chi connectivity index (χ1v) is 9.37. The number of piperidine rings is 1. The summed E-state index contributed by atoms with van der Waals surface area (Å²) in [6.45, 7) is 1.58. The molecule has 4 heterocycles. The van der Waals surface area contributed by atoms with Crippen molar-refractivity contribution in [1.29, 1.82) is 0 Å². The van der Waals surface area contributed by atoms with E-state index in [4.69, 9.17) is 0 Å². The van der Waals surface area contributed by atoms with E-state index in [1.807, 2.05) is 29.6 Å². The van der Waals surface area contributed by atoms with Crippen LogP contribution in [0.1, 0.15) is 12.8 Å². The van der Waals surface area contributed by atoms with Crippen molar-refractivity contribution in [2.24, 2.45) is 5.92 Å². The van der Waals surface area contributed by atoms with Gasteiger partial charge in [0.2, 0.25) is 5.91 Å². The van der Waals surface area contributed by atoms with Crippen LogP contribution in [0.25, 0.3) is 11.3 Å². The normalized spacial score (nSPS) is 15.0. The highest BCUT2D eigenvalue weighted by atomic mass is 32.1. The summed E-state index contributed by atoms with van der Waals surface area (Å²) in [5.74, 6) is 0.909. The van der Waals surface area contributed by atoms with Gasteiger partial charge in [-0.1, -0.05) is 0 Å². The molecular formula is C18H18N6OS. The molecule has 1 saturated heterocycles. The summed E-state index contributed by atoms with van der Waals surface area (Å²) in [4.78, 5) is 22.7. The highest BCUT2D eigenvalue weighted by Crippen LogP contribution is 2.24. The number of nitrogens with one attached hydrogen (secondary N) is 1. The minimum Gasteiger partial charge on any atom is -0.355 e. The van der Waals surface area contributed by atoms with Crippen LogP contribution in [-0.4, -0.2) is 39.2 Å². The molecule has 0 spiro atoms. The first kappa shape index (κ1) is 16.6. The third-order valence-corrected chi connectivity index (χ3v) is 5.15. The van der Waals surface area contributed by atoms with Crippen LogP contribution in [0.3, 0.4) is 0 Å². The van der Waals surface area contributed by atoms with E-state index in [0.29, 0.717) is 5.13 Å². The summed E-state index contributed by atoms with van der Waals surface area (Å²) in [6, 6.07) is 7.78. The van der Waals surface area contributed by atoms with E-state index >= 15 is 0 Å². The van der Waals surface area contributed by atoms with Gasteiger partial charge in [-0.2, -0.15) is 0 Å².